The van der Waals surface area contributed by atoms with Crippen LogP contribution >= 0.6 is 0 Å². The number of benzene rings is 1. The van der Waals surface area contributed by atoms with Crippen molar-refractivity contribution >= 4 is 9.84 Å². The monoisotopic (exact) mass is 344 g/mol. The van der Waals surface area contributed by atoms with E-state index in [1.807, 2.05) is 6.92 Å². The van der Waals surface area contributed by atoms with Crippen molar-refractivity contribution < 1.29 is 21.6 Å². The molecule has 23 heavy (non-hydrogen) atoms. The van der Waals surface area contributed by atoms with E-state index >= 15 is 0 Å². The Morgan fingerprint density at radius 1 is 1.04 bits per heavy atom. The first kappa shape index (κ1) is 17.4. The molecule has 8 heteroatoms. The number of hydrogen-bond acceptors (Lipinski definition) is 4. The van der Waals surface area contributed by atoms with Crippen molar-refractivity contribution in [3.8, 4) is 11.3 Å². The Kier molecular flexibility index (Phi) is 4.74. The molecule has 2 rings (SSSR count). The predicted molar refractivity (Wildman–Crippen MR) is 79.6 cm³/mol. The second-order valence-corrected chi connectivity index (χ2v) is 7.04. The lowest BCUT2D eigenvalue weighted by Gasteiger charge is -2.10. The quantitative estimate of drug-likeness (QED) is 0.796. The molecule has 0 aliphatic rings. The van der Waals surface area contributed by atoms with E-state index in [0.29, 0.717) is 5.56 Å². The minimum Gasteiger partial charge on any atom is -0.220 e. The summed E-state index contributed by atoms with van der Waals surface area (Å²) in [6.45, 7) is 3.28. The summed E-state index contributed by atoms with van der Waals surface area (Å²) >= 11 is 0. The molecule has 0 amide bonds. The highest BCUT2D eigenvalue weighted by Crippen LogP contribution is 2.31. The third-order valence-corrected chi connectivity index (χ3v) is 4.81. The van der Waals surface area contributed by atoms with Crippen LogP contribution in [0.3, 0.4) is 0 Å². The van der Waals surface area contributed by atoms with E-state index in [2.05, 4.69) is 9.97 Å². The van der Waals surface area contributed by atoms with Gasteiger partial charge >= 0.3 is 6.18 Å². The second kappa shape index (κ2) is 6.27. The van der Waals surface area contributed by atoms with Gasteiger partial charge in [0.1, 0.15) is 5.69 Å². The van der Waals surface area contributed by atoms with E-state index in [-0.39, 0.29) is 11.4 Å². The van der Waals surface area contributed by atoms with E-state index in [4.69, 9.17) is 0 Å². The largest absolute Gasteiger partial charge is 0.433 e. The molecule has 1 heterocycles. The van der Waals surface area contributed by atoms with Crippen LogP contribution in [0.5, 0.6) is 0 Å². The van der Waals surface area contributed by atoms with E-state index < -0.39 is 26.9 Å². The topological polar surface area (TPSA) is 59.9 Å². The SMILES string of the molecule is CCc1ccc(-c2cc(C(F)(F)F)nc(S(=O)(=O)CC)n2)cc1. The summed E-state index contributed by atoms with van der Waals surface area (Å²) in [5.41, 5.74) is 0.0824. The van der Waals surface area contributed by atoms with Crippen molar-refractivity contribution in [3.05, 3.63) is 41.6 Å². The molecular weight excluding hydrogens is 329 g/mol. The summed E-state index contributed by atoms with van der Waals surface area (Å²) in [5, 5.41) is -0.801. The highest BCUT2D eigenvalue weighted by atomic mass is 32.2. The zero-order valence-corrected chi connectivity index (χ0v) is 13.4. The van der Waals surface area contributed by atoms with Crippen LogP contribution in [0.2, 0.25) is 0 Å². The lowest BCUT2D eigenvalue weighted by molar-refractivity contribution is -0.141. The second-order valence-electron chi connectivity index (χ2n) is 4.87. The zero-order valence-electron chi connectivity index (χ0n) is 12.6. The summed E-state index contributed by atoms with van der Waals surface area (Å²) in [7, 11) is -3.95. The van der Waals surface area contributed by atoms with Gasteiger partial charge in [-0.3, -0.25) is 0 Å². The normalized spacial score (nSPS) is 12.4. The molecule has 0 aliphatic heterocycles. The third kappa shape index (κ3) is 3.87. The number of sulfone groups is 1. The maximum absolute atomic E-state index is 13.0. The zero-order chi connectivity index (χ0) is 17.3. The van der Waals surface area contributed by atoms with Gasteiger partial charge in [0.25, 0.3) is 0 Å². The van der Waals surface area contributed by atoms with E-state index in [1.54, 1.807) is 24.3 Å². The number of hydrogen-bond donors (Lipinski definition) is 0. The summed E-state index contributed by atoms with van der Waals surface area (Å²) in [6, 6.07) is 7.51. The van der Waals surface area contributed by atoms with Crippen LogP contribution in [0.25, 0.3) is 11.3 Å². The highest BCUT2D eigenvalue weighted by molar-refractivity contribution is 7.91. The van der Waals surface area contributed by atoms with Crippen LogP contribution in [0, 0.1) is 0 Å². The van der Waals surface area contributed by atoms with Gasteiger partial charge in [0, 0.05) is 5.56 Å². The fraction of sp³-hybridized carbons (Fsp3) is 0.333. The molecule has 0 fully saturated rings. The first-order chi connectivity index (χ1) is 10.7. The van der Waals surface area contributed by atoms with Crippen molar-refractivity contribution in [2.45, 2.75) is 31.6 Å². The standard InChI is InChI=1S/C15H15F3N2O2S/c1-3-10-5-7-11(8-6-10)12-9-13(15(16,17)18)20-14(19-12)23(21,22)4-2/h5-9H,3-4H2,1-2H3. The first-order valence-electron chi connectivity index (χ1n) is 6.95. The number of nitrogens with zero attached hydrogens (tertiary/aromatic N) is 2. The minimum atomic E-state index is -4.75. The Bertz CT molecular complexity index is 800. The molecule has 0 spiro atoms. The molecule has 0 unspecified atom stereocenters. The van der Waals surface area contributed by atoms with Crippen LogP contribution in [-0.4, -0.2) is 24.1 Å². The molecule has 0 saturated carbocycles. The average Bonchev–Trinajstić information content (AvgIpc) is 2.53. The fourth-order valence-corrected chi connectivity index (χ4v) is 2.63. The Balaban J connectivity index is 2.64. The van der Waals surface area contributed by atoms with Crippen LogP contribution in [-0.2, 0) is 22.4 Å². The molecule has 1 aromatic heterocycles. The number of alkyl halides is 3. The summed E-state index contributed by atoms with van der Waals surface area (Å²) in [6.07, 6.45) is -3.97. The maximum Gasteiger partial charge on any atom is 0.433 e. The molecule has 2 aromatic rings. The van der Waals surface area contributed by atoms with Gasteiger partial charge in [-0.15, -0.1) is 0 Å². The van der Waals surface area contributed by atoms with Crippen molar-refractivity contribution in [1.82, 2.24) is 9.97 Å². The van der Waals surface area contributed by atoms with E-state index in [1.165, 1.54) is 6.92 Å². The van der Waals surface area contributed by atoms with Crippen molar-refractivity contribution in [2.75, 3.05) is 5.75 Å². The Labute approximate surface area is 132 Å². The molecular formula is C15H15F3N2O2S. The summed E-state index contributed by atoms with van der Waals surface area (Å²) < 4.78 is 62.7. The van der Waals surface area contributed by atoms with Gasteiger partial charge in [-0.25, -0.2) is 18.4 Å². The Hall–Kier alpha value is -1.96. The lowest BCUT2D eigenvalue weighted by Crippen LogP contribution is -2.15. The van der Waals surface area contributed by atoms with Crippen LogP contribution in [0.4, 0.5) is 13.2 Å². The van der Waals surface area contributed by atoms with Gasteiger partial charge in [-0.1, -0.05) is 38.1 Å². The van der Waals surface area contributed by atoms with Crippen molar-refractivity contribution in [3.63, 3.8) is 0 Å². The van der Waals surface area contributed by atoms with Gasteiger partial charge in [0.2, 0.25) is 15.0 Å². The molecule has 0 atom stereocenters. The highest BCUT2D eigenvalue weighted by Gasteiger charge is 2.35. The summed E-state index contributed by atoms with van der Waals surface area (Å²) in [4.78, 5) is 7.00. The molecule has 0 saturated heterocycles. The fourth-order valence-electron chi connectivity index (χ4n) is 1.90. The molecule has 0 radical (unpaired) electrons. The summed E-state index contributed by atoms with van der Waals surface area (Å²) in [5.74, 6) is -0.372. The molecule has 0 N–H and O–H groups in total. The van der Waals surface area contributed by atoms with Crippen molar-refractivity contribution in [2.24, 2.45) is 0 Å². The van der Waals surface area contributed by atoms with Gasteiger partial charge in [0.05, 0.1) is 11.4 Å². The number of rotatable bonds is 4. The first-order valence-corrected chi connectivity index (χ1v) is 8.61. The number of halogens is 3. The lowest BCUT2D eigenvalue weighted by atomic mass is 10.1. The number of aryl methyl sites for hydroxylation is 1. The predicted octanol–water partition coefficient (Wildman–Crippen LogP) is 3.52. The van der Waals surface area contributed by atoms with Gasteiger partial charge in [-0.05, 0) is 18.1 Å². The Morgan fingerprint density at radius 3 is 2.13 bits per heavy atom. The maximum atomic E-state index is 13.0. The molecule has 0 aliphatic carbocycles. The van der Waals surface area contributed by atoms with Gasteiger partial charge in [0.15, 0.2) is 0 Å². The molecule has 0 bridgehead atoms. The molecule has 124 valence electrons. The minimum absolute atomic E-state index is 0.0676. The third-order valence-electron chi connectivity index (χ3n) is 3.31. The van der Waals surface area contributed by atoms with Crippen LogP contribution in [0.15, 0.2) is 35.5 Å². The van der Waals surface area contributed by atoms with E-state index in [9.17, 15) is 21.6 Å². The Morgan fingerprint density at radius 2 is 1.65 bits per heavy atom. The van der Waals surface area contributed by atoms with Crippen LogP contribution in [0.1, 0.15) is 25.1 Å². The number of aromatic nitrogens is 2. The van der Waals surface area contributed by atoms with Gasteiger partial charge in [-0.2, -0.15) is 13.2 Å². The van der Waals surface area contributed by atoms with Crippen LogP contribution < -0.4 is 0 Å². The van der Waals surface area contributed by atoms with E-state index in [0.717, 1.165) is 18.1 Å². The molecule has 1 aromatic carbocycles. The molecule has 4 nitrogen and oxygen atoms in total. The van der Waals surface area contributed by atoms with Crippen molar-refractivity contribution in [1.29, 1.82) is 0 Å². The van der Waals surface area contributed by atoms with Gasteiger partial charge < -0.3 is 0 Å². The average molecular weight is 344 g/mol. The smallest absolute Gasteiger partial charge is 0.220 e.